The molecule has 0 N–H and O–H groups in total. The fraction of sp³-hybridized carbons (Fsp3) is 0.500. The number of rotatable bonds is 8. The third-order valence-corrected chi connectivity index (χ3v) is 4.84. The van der Waals surface area contributed by atoms with E-state index in [4.69, 9.17) is 0 Å². The first kappa shape index (κ1) is 15.9. The number of carbonyl (C=O) groups is 1. The summed E-state index contributed by atoms with van der Waals surface area (Å²) in [6.07, 6.45) is 1.81. The van der Waals surface area contributed by atoms with Crippen LogP contribution in [0.25, 0.3) is 0 Å². The van der Waals surface area contributed by atoms with Crippen LogP contribution < -0.4 is 0 Å². The van der Waals surface area contributed by atoms with E-state index in [0.29, 0.717) is 12.1 Å². The number of Topliss-reactive ketones (excluding diaryl/α,β-unsaturated/α-hetero) is 1. The average Bonchev–Trinajstić information content (AvgIpc) is 2.43. The molecule has 0 fully saturated rings. The van der Waals surface area contributed by atoms with Gasteiger partial charge in [0.1, 0.15) is 0 Å². The van der Waals surface area contributed by atoms with E-state index in [1.54, 1.807) is 31.3 Å². The molecule has 0 aliphatic carbocycles. The van der Waals surface area contributed by atoms with Crippen LogP contribution in [0, 0.1) is 0 Å². The number of sulfonamides is 1. The number of unbranched alkanes of at least 4 members (excludes halogenated alkanes) is 1. The quantitative estimate of drug-likeness (QED) is 0.688. The molecule has 106 valence electrons. The van der Waals surface area contributed by atoms with E-state index in [-0.39, 0.29) is 18.0 Å². The molecule has 1 aromatic carbocycles. The highest BCUT2D eigenvalue weighted by Crippen LogP contribution is 2.07. The summed E-state index contributed by atoms with van der Waals surface area (Å²) < 4.78 is 25.2. The Morgan fingerprint density at radius 3 is 2.42 bits per heavy atom. The van der Waals surface area contributed by atoms with E-state index < -0.39 is 10.0 Å². The largest absolute Gasteiger partial charge is 0.294 e. The van der Waals surface area contributed by atoms with Crippen LogP contribution in [0.2, 0.25) is 0 Å². The number of nitrogens with zero attached hydrogens (tertiary/aromatic N) is 1. The molecule has 1 rings (SSSR count). The van der Waals surface area contributed by atoms with E-state index in [2.05, 4.69) is 0 Å². The minimum absolute atomic E-state index is 0.0306. The number of hydrogen-bond acceptors (Lipinski definition) is 3. The Kier molecular flexibility index (Phi) is 6.18. The van der Waals surface area contributed by atoms with Gasteiger partial charge in [0.2, 0.25) is 10.0 Å². The van der Waals surface area contributed by atoms with Gasteiger partial charge in [-0.05, 0) is 6.42 Å². The molecular weight excluding hydrogens is 262 g/mol. The highest BCUT2D eigenvalue weighted by Gasteiger charge is 2.19. The first-order valence-corrected chi connectivity index (χ1v) is 8.10. The number of ketones is 1. The smallest absolute Gasteiger partial charge is 0.214 e. The lowest BCUT2D eigenvalue weighted by atomic mass is 10.1. The van der Waals surface area contributed by atoms with Gasteiger partial charge < -0.3 is 0 Å². The molecule has 0 spiro atoms. The van der Waals surface area contributed by atoms with Gasteiger partial charge in [-0.15, -0.1) is 0 Å². The lowest BCUT2D eigenvalue weighted by Crippen LogP contribution is -2.31. The molecule has 5 heteroatoms. The van der Waals surface area contributed by atoms with Crippen molar-refractivity contribution in [3.05, 3.63) is 35.9 Å². The van der Waals surface area contributed by atoms with Crippen molar-refractivity contribution in [2.24, 2.45) is 0 Å². The van der Waals surface area contributed by atoms with E-state index in [9.17, 15) is 13.2 Å². The molecule has 0 saturated carbocycles. The third-order valence-electron chi connectivity index (χ3n) is 2.98. The van der Waals surface area contributed by atoms with Crippen molar-refractivity contribution in [3.63, 3.8) is 0 Å². The minimum atomic E-state index is -3.32. The second-order valence-corrected chi connectivity index (χ2v) is 6.73. The van der Waals surface area contributed by atoms with Gasteiger partial charge in [-0.1, -0.05) is 43.7 Å². The molecule has 0 heterocycles. The van der Waals surface area contributed by atoms with Crippen LogP contribution in [0.3, 0.4) is 0 Å². The first-order valence-electron chi connectivity index (χ1n) is 6.49. The van der Waals surface area contributed by atoms with Gasteiger partial charge in [-0.3, -0.25) is 4.79 Å². The average molecular weight is 283 g/mol. The van der Waals surface area contributed by atoms with E-state index >= 15 is 0 Å². The number of carbonyl (C=O) groups excluding carboxylic acids is 1. The van der Waals surface area contributed by atoms with Crippen molar-refractivity contribution >= 4 is 15.8 Å². The standard InChI is InChI=1S/C14H21NO3S/c1-3-4-11-15(2)19(17,18)12-10-14(16)13-8-6-5-7-9-13/h5-9H,3-4,10-12H2,1-2H3. The second kappa shape index (κ2) is 7.40. The van der Waals surface area contributed by atoms with Crippen LogP contribution in [0.15, 0.2) is 30.3 Å². The number of hydrogen-bond donors (Lipinski definition) is 0. The molecule has 0 aromatic heterocycles. The topological polar surface area (TPSA) is 54.5 Å². The van der Waals surface area contributed by atoms with Crippen molar-refractivity contribution in [2.75, 3.05) is 19.3 Å². The van der Waals surface area contributed by atoms with Gasteiger partial charge in [0.15, 0.2) is 5.78 Å². The molecule has 19 heavy (non-hydrogen) atoms. The second-order valence-electron chi connectivity index (χ2n) is 4.53. The summed E-state index contributed by atoms with van der Waals surface area (Å²) in [5.41, 5.74) is 0.564. The summed E-state index contributed by atoms with van der Waals surface area (Å²) in [6, 6.07) is 8.78. The highest BCUT2D eigenvalue weighted by atomic mass is 32.2. The van der Waals surface area contributed by atoms with Crippen LogP contribution in [0.5, 0.6) is 0 Å². The Labute approximate surface area is 115 Å². The molecule has 0 radical (unpaired) electrons. The maximum atomic E-state index is 11.9. The monoisotopic (exact) mass is 283 g/mol. The summed E-state index contributed by atoms with van der Waals surface area (Å²) >= 11 is 0. The predicted molar refractivity (Wildman–Crippen MR) is 76.7 cm³/mol. The molecule has 0 atom stereocenters. The lowest BCUT2D eigenvalue weighted by Gasteiger charge is -2.16. The van der Waals surface area contributed by atoms with Crippen LogP contribution in [-0.2, 0) is 10.0 Å². The zero-order valence-corrected chi connectivity index (χ0v) is 12.3. The van der Waals surface area contributed by atoms with E-state index in [0.717, 1.165) is 12.8 Å². The van der Waals surface area contributed by atoms with Gasteiger partial charge in [-0.2, -0.15) is 0 Å². The highest BCUT2D eigenvalue weighted by molar-refractivity contribution is 7.89. The zero-order chi connectivity index (χ0) is 14.3. The normalized spacial score (nSPS) is 11.7. The molecule has 0 saturated heterocycles. The summed E-state index contributed by atoms with van der Waals surface area (Å²) in [7, 11) is -1.76. The summed E-state index contributed by atoms with van der Waals surface area (Å²) in [6.45, 7) is 2.53. The van der Waals surface area contributed by atoms with Crippen LogP contribution in [0.4, 0.5) is 0 Å². The predicted octanol–water partition coefficient (Wildman–Crippen LogP) is 2.32. The summed E-state index contributed by atoms with van der Waals surface area (Å²) in [4.78, 5) is 11.8. The Bertz CT molecular complexity index is 497. The minimum Gasteiger partial charge on any atom is -0.294 e. The lowest BCUT2D eigenvalue weighted by molar-refractivity contribution is 0.0988. The Balaban J connectivity index is 2.54. The van der Waals surface area contributed by atoms with E-state index in [1.807, 2.05) is 13.0 Å². The molecule has 0 aliphatic rings. The van der Waals surface area contributed by atoms with Crippen molar-refractivity contribution < 1.29 is 13.2 Å². The van der Waals surface area contributed by atoms with Gasteiger partial charge in [0.05, 0.1) is 5.75 Å². The zero-order valence-electron chi connectivity index (χ0n) is 11.5. The van der Waals surface area contributed by atoms with Crippen LogP contribution in [0.1, 0.15) is 36.5 Å². The Hall–Kier alpha value is -1.20. The van der Waals surface area contributed by atoms with Crippen LogP contribution in [-0.4, -0.2) is 37.9 Å². The van der Waals surface area contributed by atoms with Gasteiger partial charge in [0.25, 0.3) is 0 Å². The Morgan fingerprint density at radius 2 is 1.84 bits per heavy atom. The van der Waals surface area contributed by atoms with Gasteiger partial charge in [-0.25, -0.2) is 12.7 Å². The maximum absolute atomic E-state index is 11.9. The Morgan fingerprint density at radius 1 is 1.21 bits per heavy atom. The maximum Gasteiger partial charge on any atom is 0.214 e. The molecule has 1 aromatic rings. The molecule has 4 nitrogen and oxygen atoms in total. The first-order chi connectivity index (χ1) is 8.97. The fourth-order valence-electron chi connectivity index (χ4n) is 1.67. The summed E-state index contributed by atoms with van der Waals surface area (Å²) in [5, 5.41) is 0. The molecule has 0 unspecified atom stereocenters. The van der Waals surface area contributed by atoms with Gasteiger partial charge >= 0.3 is 0 Å². The SMILES string of the molecule is CCCCN(C)S(=O)(=O)CCC(=O)c1ccccc1. The van der Waals surface area contributed by atoms with Crippen molar-refractivity contribution in [3.8, 4) is 0 Å². The van der Waals surface area contributed by atoms with Crippen molar-refractivity contribution in [2.45, 2.75) is 26.2 Å². The van der Waals surface area contributed by atoms with Crippen LogP contribution >= 0.6 is 0 Å². The van der Waals surface area contributed by atoms with Crippen molar-refractivity contribution in [1.29, 1.82) is 0 Å². The molecule has 0 amide bonds. The number of benzene rings is 1. The third kappa shape index (κ3) is 5.12. The molecule has 0 aliphatic heterocycles. The van der Waals surface area contributed by atoms with Gasteiger partial charge in [0, 0.05) is 25.6 Å². The summed E-state index contributed by atoms with van der Waals surface area (Å²) in [5.74, 6) is -0.255. The van der Waals surface area contributed by atoms with E-state index in [1.165, 1.54) is 4.31 Å². The fourth-order valence-corrected chi connectivity index (χ4v) is 2.83. The molecule has 0 bridgehead atoms. The molecular formula is C14H21NO3S. The van der Waals surface area contributed by atoms with Crippen molar-refractivity contribution in [1.82, 2.24) is 4.31 Å².